The van der Waals surface area contributed by atoms with Crippen molar-refractivity contribution in [3.8, 4) is 0 Å². The van der Waals surface area contributed by atoms with Crippen molar-refractivity contribution < 1.29 is 23.9 Å². The molecule has 4 rings (SSSR count). The number of ether oxygens (including phenoxy) is 1. The van der Waals surface area contributed by atoms with E-state index in [4.69, 9.17) is 16.3 Å². The molecule has 7 nitrogen and oxygen atoms in total. The number of halogens is 1. The van der Waals surface area contributed by atoms with Gasteiger partial charge in [0, 0.05) is 5.02 Å². The highest BCUT2D eigenvalue weighted by atomic mass is 35.5. The van der Waals surface area contributed by atoms with Crippen LogP contribution in [0.1, 0.15) is 24.4 Å². The SMILES string of the molecule is COC(=O)CC(NC(=O)CN1C(=O)C2C3C=CC(C3)C2C1=O)c1ccccc1Cl. The molecule has 1 saturated heterocycles. The van der Waals surface area contributed by atoms with Crippen LogP contribution in [0.15, 0.2) is 36.4 Å². The minimum Gasteiger partial charge on any atom is -0.469 e. The zero-order valence-electron chi connectivity index (χ0n) is 15.8. The predicted octanol–water partition coefficient (Wildman–Crippen LogP) is 1.87. The number of allylic oxidation sites excluding steroid dienone is 2. The monoisotopic (exact) mass is 416 g/mol. The minimum atomic E-state index is -0.728. The molecule has 5 unspecified atom stereocenters. The van der Waals surface area contributed by atoms with Crippen molar-refractivity contribution in [2.24, 2.45) is 23.7 Å². The molecule has 0 aromatic heterocycles. The molecule has 0 radical (unpaired) electrons. The van der Waals surface area contributed by atoms with Crippen LogP contribution in [0.3, 0.4) is 0 Å². The molecule has 29 heavy (non-hydrogen) atoms. The first-order valence-corrected chi connectivity index (χ1v) is 9.92. The lowest BCUT2D eigenvalue weighted by atomic mass is 9.85. The van der Waals surface area contributed by atoms with Crippen LogP contribution >= 0.6 is 11.6 Å². The van der Waals surface area contributed by atoms with E-state index >= 15 is 0 Å². The Balaban J connectivity index is 1.47. The van der Waals surface area contributed by atoms with E-state index in [1.165, 1.54) is 7.11 Å². The number of hydrogen-bond donors (Lipinski definition) is 1. The molecule has 3 amide bonds. The molecule has 1 saturated carbocycles. The minimum absolute atomic E-state index is 0.0877. The van der Waals surface area contributed by atoms with Crippen molar-refractivity contribution in [2.45, 2.75) is 18.9 Å². The van der Waals surface area contributed by atoms with E-state index in [-0.39, 0.29) is 48.5 Å². The number of likely N-dealkylation sites (tertiary alicyclic amines) is 1. The Hall–Kier alpha value is -2.67. The Morgan fingerprint density at radius 1 is 1.17 bits per heavy atom. The summed E-state index contributed by atoms with van der Waals surface area (Å²) in [4.78, 5) is 51.1. The van der Waals surface area contributed by atoms with Gasteiger partial charge < -0.3 is 10.1 Å². The first-order chi connectivity index (χ1) is 13.9. The van der Waals surface area contributed by atoms with Gasteiger partial charge in [0.25, 0.3) is 0 Å². The molecule has 2 fully saturated rings. The fourth-order valence-electron chi connectivity index (χ4n) is 4.75. The van der Waals surface area contributed by atoms with Crippen molar-refractivity contribution in [1.82, 2.24) is 10.2 Å². The number of hydrogen-bond acceptors (Lipinski definition) is 5. The van der Waals surface area contributed by atoms with Crippen LogP contribution in [0.25, 0.3) is 0 Å². The number of imide groups is 1. The Kier molecular flexibility index (Phi) is 5.17. The number of esters is 1. The van der Waals surface area contributed by atoms with Gasteiger partial charge in [-0.05, 0) is 29.9 Å². The molecule has 1 aromatic carbocycles. The van der Waals surface area contributed by atoms with Crippen molar-refractivity contribution >= 4 is 35.3 Å². The summed E-state index contributed by atoms with van der Waals surface area (Å²) in [6.07, 6.45) is 4.72. The van der Waals surface area contributed by atoms with Gasteiger partial charge >= 0.3 is 5.97 Å². The van der Waals surface area contributed by atoms with Crippen LogP contribution in [0.5, 0.6) is 0 Å². The van der Waals surface area contributed by atoms with E-state index < -0.39 is 17.9 Å². The molecule has 1 aliphatic heterocycles. The fraction of sp³-hybridized carbons (Fsp3) is 0.429. The Bertz CT molecular complexity index is 884. The van der Waals surface area contributed by atoms with Gasteiger partial charge in [0.2, 0.25) is 17.7 Å². The summed E-state index contributed by atoms with van der Waals surface area (Å²) in [5, 5.41) is 3.12. The molecule has 2 bridgehead atoms. The zero-order chi connectivity index (χ0) is 20.7. The van der Waals surface area contributed by atoms with Gasteiger partial charge in [-0.2, -0.15) is 0 Å². The number of nitrogens with one attached hydrogen (secondary N) is 1. The van der Waals surface area contributed by atoms with Crippen LogP contribution in [-0.4, -0.2) is 42.2 Å². The summed E-state index contributed by atoms with van der Waals surface area (Å²) in [5.41, 5.74) is 0.561. The quantitative estimate of drug-likeness (QED) is 0.434. The molecular formula is C21H21ClN2O5. The first kappa shape index (κ1) is 19.6. The van der Waals surface area contributed by atoms with Crippen molar-refractivity contribution in [2.75, 3.05) is 13.7 Å². The number of amides is 3. The summed E-state index contributed by atoms with van der Waals surface area (Å²) >= 11 is 6.22. The number of rotatable bonds is 6. The average Bonchev–Trinajstić information content (AvgIpc) is 3.38. The number of carbonyl (C=O) groups excluding carboxylic acids is 4. The third-order valence-corrected chi connectivity index (χ3v) is 6.42. The molecule has 1 heterocycles. The topological polar surface area (TPSA) is 92.8 Å². The molecule has 3 aliphatic rings. The maximum absolute atomic E-state index is 12.8. The van der Waals surface area contributed by atoms with Gasteiger partial charge in [-0.1, -0.05) is 42.0 Å². The second-order valence-corrected chi connectivity index (χ2v) is 8.09. The van der Waals surface area contributed by atoms with Crippen molar-refractivity contribution in [1.29, 1.82) is 0 Å². The summed E-state index contributed by atoms with van der Waals surface area (Å²) in [5.74, 6) is -2.13. The van der Waals surface area contributed by atoms with Gasteiger partial charge in [0.15, 0.2) is 0 Å². The summed E-state index contributed by atoms with van der Waals surface area (Å²) in [6, 6.07) is 6.12. The summed E-state index contributed by atoms with van der Waals surface area (Å²) < 4.78 is 4.71. The smallest absolute Gasteiger partial charge is 0.307 e. The standard InChI is InChI=1S/C21H21ClN2O5/c1-29-17(26)9-15(13-4-2-3-5-14(13)22)23-16(25)10-24-20(27)18-11-6-7-12(8-11)19(18)21(24)28/h2-7,11-12,15,18-19H,8-10H2,1H3,(H,23,25). The second-order valence-electron chi connectivity index (χ2n) is 7.68. The van der Waals surface area contributed by atoms with E-state index in [0.29, 0.717) is 10.6 Å². The lowest BCUT2D eigenvalue weighted by Gasteiger charge is -2.22. The van der Waals surface area contributed by atoms with Gasteiger partial charge in [0.1, 0.15) is 6.54 Å². The third kappa shape index (κ3) is 3.44. The van der Waals surface area contributed by atoms with Crippen molar-refractivity contribution in [3.05, 3.63) is 47.0 Å². The Labute approximate surface area is 173 Å². The van der Waals surface area contributed by atoms with Gasteiger partial charge in [-0.25, -0.2) is 0 Å². The Morgan fingerprint density at radius 3 is 2.38 bits per heavy atom. The van der Waals surface area contributed by atoms with E-state index in [0.717, 1.165) is 11.3 Å². The van der Waals surface area contributed by atoms with Crippen LogP contribution in [0.2, 0.25) is 5.02 Å². The number of nitrogens with zero attached hydrogens (tertiary/aromatic N) is 1. The number of carbonyl (C=O) groups is 4. The summed E-state index contributed by atoms with van der Waals surface area (Å²) in [6.45, 7) is -0.369. The Morgan fingerprint density at radius 2 is 1.79 bits per heavy atom. The maximum Gasteiger partial charge on any atom is 0.307 e. The molecule has 5 atom stereocenters. The first-order valence-electron chi connectivity index (χ1n) is 9.55. The van der Waals surface area contributed by atoms with Crippen LogP contribution in [0, 0.1) is 23.7 Å². The van der Waals surface area contributed by atoms with Gasteiger partial charge in [-0.3, -0.25) is 24.1 Å². The molecular weight excluding hydrogens is 396 g/mol. The molecule has 2 aliphatic carbocycles. The molecule has 1 N–H and O–H groups in total. The van der Waals surface area contributed by atoms with Crippen molar-refractivity contribution in [3.63, 3.8) is 0 Å². The number of benzene rings is 1. The number of fused-ring (bicyclic) bond motifs is 5. The number of methoxy groups -OCH3 is 1. The highest BCUT2D eigenvalue weighted by Crippen LogP contribution is 2.52. The molecule has 0 spiro atoms. The zero-order valence-corrected chi connectivity index (χ0v) is 16.6. The van der Waals surface area contributed by atoms with E-state index in [2.05, 4.69) is 5.32 Å². The van der Waals surface area contributed by atoms with Gasteiger partial charge in [-0.15, -0.1) is 0 Å². The van der Waals surface area contributed by atoms with Gasteiger partial charge in [0.05, 0.1) is 31.4 Å². The molecule has 1 aromatic rings. The fourth-order valence-corrected chi connectivity index (χ4v) is 5.02. The van der Waals surface area contributed by atoms with E-state index in [1.54, 1.807) is 24.3 Å². The lowest BCUT2D eigenvalue weighted by molar-refractivity contribution is -0.145. The third-order valence-electron chi connectivity index (χ3n) is 6.08. The normalized spacial score (nSPS) is 27.9. The second kappa shape index (κ2) is 7.63. The molecule has 152 valence electrons. The van der Waals surface area contributed by atoms with Crippen LogP contribution < -0.4 is 5.32 Å². The maximum atomic E-state index is 12.8. The highest BCUT2D eigenvalue weighted by molar-refractivity contribution is 6.31. The largest absolute Gasteiger partial charge is 0.469 e. The molecule has 8 heteroatoms. The van der Waals surface area contributed by atoms with Crippen LogP contribution in [-0.2, 0) is 23.9 Å². The average molecular weight is 417 g/mol. The van der Waals surface area contributed by atoms with E-state index in [1.807, 2.05) is 12.2 Å². The highest BCUT2D eigenvalue weighted by Gasteiger charge is 2.59. The summed E-state index contributed by atoms with van der Waals surface area (Å²) in [7, 11) is 1.26. The van der Waals surface area contributed by atoms with E-state index in [9.17, 15) is 19.2 Å². The predicted molar refractivity (Wildman–Crippen MR) is 103 cm³/mol. The lowest BCUT2D eigenvalue weighted by Crippen LogP contribution is -2.43. The van der Waals surface area contributed by atoms with Crippen LogP contribution in [0.4, 0.5) is 0 Å².